The summed E-state index contributed by atoms with van der Waals surface area (Å²) < 4.78 is 10.5. The fraction of sp³-hybridized carbons (Fsp3) is 0.278. The van der Waals surface area contributed by atoms with Gasteiger partial charge >= 0.3 is 0 Å². The standard InChI is InChI=1S/C18H22N2O3/c1-13(14-9-10-16(22-2)17(11-14)23-3)20-18(21)12-19-15-7-5-4-6-8-15/h4-11,13,19H,12H2,1-3H3,(H,20,21). The van der Waals surface area contributed by atoms with Crippen molar-refractivity contribution in [2.75, 3.05) is 26.1 Å². The summed E-state index contributed by atoms with van der Waals surface area (Å²) in [6.07, 6.45) is 0. The fourth-order valence-electron chi connectivity index (χ4n) is 2.24. The third kappa shape index (κ3) is 4.64. The maximum absolute atomic E-state index is 12.0. The van der Waals surface area contributed by atoms with E-state index in [1.807, 2.05) is 55.5 Å². The second-order valence-corrected chi connectivity index (χ2v) is 5.12. The Bertz CT molecular complexity index is 644. The number of carbonyl (C=O) groups excluding carboxylic acids is 1. The van der Waals surface area contributed by atoms with Crippen LogP contribution in [-0.2, 0) is 4.79 Å². The van der Waals surface area contributed by atoms with E-state index in [0.717, 1.165) is 11.3 Å². The molecule has 5 nitrogen and oxygen atoms in total. The Morgan fingerprint density at radius 2 is 1.74 bits per heavy atom. The van der Waals surface area contributed by atoms with Gasteiger partial charge in [-0.05, 0) is 36.8 Å². The fourth-order valence-corrected chi connectivity index (χ4v) is 2.24. The lowest BCUT2D eigenvalue weighted by molar-refractivity contribution is -0.120. The summed E-state index contributed by atoms with van der Waals surface area (Å²) in [6, 6.07) is 15.1. The molecule has 23 heavy (non-hydrogen) atoms. The van der Waals surface area contributed by atoms with Gasteiger partial charge < -0.3 is 20.1 Å². The summed E-state index contributed by atoms with van der Waals surface area (Å²) in [5.74, 6) is 1.24. The molecule has 0 bridgehead atoms. The molecule has 0 aliphatic carbocycles. The van der Waals surface area contributed by atoms with Crippen molar-refractivity contribution in [1.82, 2.24) is 5.32 Å². The molecule has 0 saturated carbocycles. The Kier molecular flexibility index (Phi) is 5.86. The molecule has 2 aromatic rings. The highest BCUT2D eigenvalue weighted by Gasteiger charge is 2.12. The van der Waals surface area contributed by atoms with Crippen molar-refractivity contribution in [3.8, 4) is 11.5 Å². The lowest BCUT2D eigenvalue weighted by Gasteiger charge is -2.17. The van der Waals surface area contributed by atoms with Crippen LogP contribution in [0, 0.1) is 0 Å². The van der Waals surface area contributed by atoms with Gasteiger partial charge in [-0.15, -0.1) is 0 Å². The van der Waals surface area contributed by atoms with Crippen LogP contribution in [0.5, 0.6) is 11.5 Å². The highest BCUT2D eigenvalue weighted by molar-refractivity contribution is 5.81. The highest BCUT2D eigenvalue weighted by Crippen LogP contribution is 2.29. The minimum Gasteiger partial charge on any atom is -0.493 e. The number of anilines is 1. The zero-order valence-corrected chi connectivity index (χ0v) is 13.6. The normalized spacial score (nSPS) is 11.4. The van der Waals surface area contributed by atoms with Gasteiger partial charge in [-0.3, -0.25) is 4.79 Å². The summed E-state index contributed by atoms with van der Waals surface area (Å²) in [6.45, 7) is 2.16. The molecule has 2 rings (SSSR count). The maximum atomic E-state index is 12.0. The Morgan fingerprint density at radius 1 is 1.04 bits per heavy atom. The predicted molar refractivity (Wildman–Crippen MR) is 91.0 cm³/mol. The molecular formula is C18H22N2O3. The molecule has 5 heteroatoms. The van der Waals surface area contributed by atoms with E-state index in [-0.39, 0.29) is 18.5 Å². The average Bonchev–Trinajstić information content (AvgIpc) is 2.60. The SMILES string of the molecule is COc1ccc(C(C)NC(=O)CNc2ccccc2)cc1OC. The van der Waals surface area contributed by atoms with Crippen LogP contribution in [0.2, 0.25) is 0 Å². The van der Waals surface area contributed by atoms with Crippen molar-refractivity contribution in [3.05, 3.63) is 54.1 Å². The zero-order valence-electron chi connectivity index (χ0n) is 13.6. The Balaban J connectivity index is 1.93. The van der Waals surface area contributed by atoms with E-state index in [1.54, 1.807) is 14.2 Å². The number of ether oxygens (including phenoxy) is 2. The molecule has 0 aliphatic rings. The van der Waals surface area contributed by atoms with Crippen LogP contribution in [0.3, 0.4) is 0 Å². The van der Waals surface area contributed by atoms with Crippen LogP contribution >= 0.6 is 0 Å². The first-order valence-corrected chi connectivity index (χ1v) is 7.44. The number of benzene rings is 2. The lowest BCUT2D eigenvalue weighted by Crippen LogP contribution is -2.32. The number of carbonyl (C=O) groups is 1. The van der Waals surface area contributed by atoms with Crippen LogP contribution in [0.15, 0.2) is 48.5 Å². The van der Waals surface area contributed by atoms with Crippen molar-refractivity contribution >= 4 is 11.6 Å². The largest absolute Gasteiger partial charge is 0.493 e. The van der Waals surface area contributed by atoms with Crippen molar-refractivity contribution in [1.29, 1.82) is 0 Å². The number of hydrogen-bond acceptors (Lipinski definition) is 4. The van der Waals surface area contributed by atoms with E-state index in [9.17, 15) is 4.79 Å². The van der Waals surface area contributed by atoms with Crippen LogP contribution < -0.4 is 20.1 Å². The van der Waals surface area contributed by atoms with Crippen LogP contribution in [-0.4, -0.2) is 26.7 Å². The molecular weight excluding hydrogens is 292 g/mol. The summed E-state index contributed by atoms with van der Waals surface area (Å²) in [7, 11) is 3.19. The van der Waals surface area contributed by atoms with Gasteiger partial charge in [0.15, 0.2) is 11.5 Å². The number of para-hydroxylation sites is 1. The van der Waals surface area contributed by atoms with Crippen molar-refractivity contribution in [2.24, 2.45) is 0 Å². The summed E-state index contributed by atoms with van der Waals surface area (Å²) in [5, 5.41) is 6.04. The average molecular weight is 314 g/mol. The number of hydrogen-bond donors (Lipinski definition) is 2. The van der Waals surface area contributed by atoms with Crippen LogP contribution in [0.1, 0.15) is 18.5 Å². The Labute approximate surface area is 136 Å². The van der Waals surface area contributed by atoms with Gasteiger partial charge in [-0.2, -0.15) is 0 Å². The van der Waals surface area contributed by atoms with Gasteiger partial charge in [0.25, 0.3) is 0 Å². The van der Waals surface area contributed by atoms with E-state index < -0.39 is 0 Å². The van der Waals surface area contributed by atoms with E-state index in [0.29, 0.717) is 11.5 Å². The summed E-state index contributed by atoms with van der Waals surface area (Å²) in [4.78, 5) is 12.0. The molecule has 0 radical (unpaired) electrons. The molecule has 0 aromatic heterocycles. The second kappa shape index (κ2) is 8.08. The van der Waals surface area contributed by atoms with E-state index >= 15 is 0 Å². The monoisotopic (exact) mass is 314 g/mol. The molecule has 1 atom stereocenters. The van der Waals surface area contributed by atoms with Crippen LogP contribution in [0.4, 0.5) is 5.69 Å². The highest BCUT2D eigenvalue weighted by atomic mass is 16.5. The molecule has 0 saturated heterocycles. The van der Waals surface area contributed by atoms with Gasteiger partial charge in [0.2, 0.25) is 5.91 Å². The molecule has 0 heterocycles. The summed E-state index contributed by atoms with van der Waals surface area (Å²) in [5.41, 5.74) is 1.87. The molecule has 0 spiro atoms. The lowest BCUT2D eigenvalue weighted by atomic mass is 10.1. The third-order valence-electron chi connectivity index (χ3n) is 3.51. The number of nitrogens with one attached hydrogen (secondary N) is 2. The summed E-state index contributed by atoms with van der Waals surface area (Å²) >= 11 is 0. The van der Waals surface area contributed by atoms with Crippen molar-refractivity contribution in [3.63, 3.8) is 0 Å². The van der Waals surface area contributed by atoms with Crippen molar-refractivity contribution < 1.29 is 14.3 Å². The Hall–Kier alpha value is -2.69. The van der Waals surface area contributed by atoms with E-state index in [4.69, 9.17) is 9.47 Å². The first-order valence-electron chi connectivity index (χ1n) is 7.44. The third-order valence-corrected chi connectivity index (χ3v) is 3.51. The van der Waals surface area contributed by atoms with Crippen molar-refractivity contribution in [2.45, 2.75) is 13.0 Å². The van der Waals surface area contributed by atoms with Gasteiger partial charge in [-0.1, -0.05) is 24.3 Å². The zero-order chi connectivity index (χ0) is 16.7. The quantitative estimate of drug-likeness (QED) is 0.825. The molecule has 1 amide bonds. The number of amides is 1. The topological polar surface area (TPSA) is 59.6 Å². The molecule has 2 N–H and O–H groups in total. The van der Waals surface area contributed by atoms with Gasteiger partial charge in [0, 0.05) is 5.69 Å². The van der Waals surface area contributed by atoms with Gasteiger partial charge in [0.1, 0.15) is 0 Å². The smallest absolute Gasteiger partial charge is 0.239 e. The molecule has 122 valence electrons. The Morgan fingerprint density at radius 3 is 2.39 bits per heavy atom. The van der Waals surface area contributed by atoms with Gasteiger partial charge in [-0.25, -0.2) is 0 Å². The number of rotatable bonds is 7. The minimum atomic E-state index is -0.125. The molecule has 0 aliphatic heterocycles. The first-order chi connectivity index (χ1) is 11.1. The number of methoxy groups -OCH3 is 2. The first kappa shape index (κ1) is 16.7. The van der Waals surface area contributed by atoms with E-state index in [1.165, 1.54) is 0 Å². The van der Waals surface area contributed by atoms with E-state index in [2.05, 4.69) is 10.6 Å². The minimum absolute atomic E-state index is 0.0730. The second-order valence-electron chi connectivity index (χ2n) is 5.12. The van der Waals surface area contributed by atoms with Gasteiger partial charge in [0.05, 0.1) is 26.8 Å². The maximum Gasteiger partial charge on any atom is 0.239 e. The molecule has 0 fully saturated rings. The van der Waals surface area contributed by atoms with Crippen LogP contribution in [0.25, 0.3) is 0 Å². The molecule has 1 unspecified atom stereocenters. The molecule has 2 aromatic carbocycles. The predicted octanol–water partition coefficient (Wildman–Crippen LogP) is 2.99.